The molecule has 0 spiro atoms. The van der Waals surface area contributed by atoms with Crippen molar-refractivity contribution in [1.82, 2.24) is 5.32 Å². The lowest BCUT2D eigenvalue weighted by Gasteiger charge is -2.17. The molecule has 2 rings (SSSR count). The minimum absolute atomic E-state index is 0.578. The van der Waals surface area contributed by atoms with Crippen LogP contribution in [0.4, 0.5) is 0 Å². The summed E-state index contributed by atoms with van der Waals surface area (Å²) < 4.78 is 1.23. The average Bonchev–Trinajstić information content (AvgIpc) is 2.81. The predicted octanol–water partition coefficient (Wildman–Crippen LogP) is 3.83. The van der Waals surface area contributed by atoms with Gasteiger partial charge >= 0.3 is 0 Å². The van der Waals surface area contributed by atoms with E-state index >= 15 is 0 Å². The maximum Gasteiger partial charge on any atom is 0.0285 e. The summed E-state index contributed by atoms with van der Waals surface area (Å²) in [5.74, 6) is 0. The zero-order valence-corrected chi connectivity index (χ0v) is 11.7. The maximum absolute atomic E-state index is 3.57. The zero-order chi connectivity index (χ0) is 10.9. The Balaban J connectivity index is 1.88. The molecule has 3 heteroatoms. The summed E-state index contributed by atoms with van der Waals surface area (Å²) >= 11 is 5.39. The van der Waals surface area contributed by atoms with Gasteiger partial charge in [0, 0.05) is 27.3 Å². The highest BCUT2D eigenvalue weighted by Crippen LogP contribution is 2.48. The van der Waals surface area contributed by atoms with E-state index in [0.29, 0.717) is 11.5 Å². The second-order valence-corrected chi connectivity index (χ2v) is 6.86. The van der Waals surface area contributed by atoms with Crippen molar-refractivity contribution in [3.05, 3.63) is 20.8 Å². The highest BCUT2D eigenvalue weighted by atomic mass is 79.9. The molecule has 1 fully saturated rings. The van der Waals surface area contributed by atoms with E-state index in [1.807, 2.05) is 11.3 Å². The predicted molar refractivity (Wildman–Crippen MR) is 70.5 cm³/mol. The monoisotopic (exact) mass is 287 g/mol. The van der Waals surface area contributed by atoms with Gasteiger partial charge in [-0.1, -0.05) is 13.8 Å². The third-order valence-corrected chi connectivity index (χ3v) is 4.71. The lowest BCUT2D eigenvalue weighted by molar-refractivity contribution is 0.432. The molecule has 15 heavy (non-hydrogen) atoms. The van der Waals surface area contributed by atoms with Crippen LogP contribution in [0.1, 0.15) is 31.6 Å². The number of halogens is 1. The van der Waals surface area contributed by atoms with E-state index in [4.69, 9.17) is 0 Å². The quantitative estimate of drug-likeness (QED) is 0.868. The maximum atomic E-state index is 3.57. The van der Waals surface area contributed by atoms with Crippen LogP contribution in [0.3, 0.4) is 0 Å². The van der Waals surface area contributed by atoms with Gasteiger partial charge in [0.05, 0.1) is 0 Å². The van der Waals surface area contributed by atoms with Gasteiger partial charge in [0.2, 0.25) is 0 Å². The van der Waals surface area contributed by atoms with Crippen molar-refractivity contribution in [2.24, 2.45) is 5.41 Å². The van der Waals surface area contributed by atoms with Gasteiger partial charge < -0.3 is 5.32 Å². The minimum atomic E-state index is 0.578. The van der Waals surface area contributed by atoms with Crippen LogP contribution in [-0.4, -0.2) is 12.6 Å². The van der Waals surface area contributed by atoms with Crippen LogP contribution >= 0.6 is 27.3 Å². The molecule has 0 saturated heterocycles. The molecule has 1 aromatic rings. The van der Waals surface area contributed by atoms with Crippen molar-refractivity contribution in [3.8, 4) is 0 Å². The Labute approximate surface area is 104 Å². The molecule has 1 aromatic heterocycles. The van der Waals surface area contributed by atoms with Crippen molar-refractivity contribution in [2.45, 2.75) is 39.2 Å². The Kier molecular flexibility index (Phi) is 3.53. The first-order valence-electron chi connectivity index (χ1n) is 5.56. The van der Waals surface area contributed by atoms with Crippen LogP contribution in [0.25, 0.3) is 0 Å². The van der Waals surface area contributed by atoms with E-state index in [2.05, 4.69) is 46.5 Å². The molecule has 1 saturated carbocycles. The Hall–Kier alpha value is 0.140. The number of rotatable bonds is 5. The molecule has 0 aliphatic heterocycles. The summed E-state index contributed by atoms with van der Waals surface area (Å²) in [6.45, 7) is 5.62. The third kappa shape index (κ3) is 3.30. The summed E-state index contributed by atoms with van der Waals surface area (Å²) in [6, 6.07) is 2.87. The topological polar surface area (TPSA) is 12.0 Å². The number of thiophene rings is 1. The summed E-state index contributed by atoms with van der Waals surface area (Å²) in [6.07, 6.45) is 4.04. The van der Waals surface area contributed by atoms with E-state index in [1.54, 1.807) is 0 Å². The molecule has 84 valence electrons. The Bertz CT molecular complexity index is 328. The fourth-order valence-electron chi connectivity index (χ4n) is 1.83. The highest BCUT2D eigenvalue weighted by Gasteiger charge is 2.42. The first kappa shape index (κ1) is 11.6. The molecule has 1 N–H and O–H groups in total. The van der Waals surface area contributed by atoms with E-state index in [1.165, 1.54) is 35.2 Å². The van der Waals surface area contributed by atoms with Crippen molar-refractivity contribution < 1.29 is 0 Å². The van der Waals surface area contributed by atoms with E-state index in [0.717, 1.165) is 0 Å². The molecular weight excluding hydrogens is 270 g/mol. The molecule has 1 nitrogen and oxygen atoms in total. The van der Waals surface area contributed by atoms with Crippen molar-refractivity contribution in [2.75, 3.05) is 6.54 Å². The summed E-state index contributed by atoms with van der Waals surface area (Å²) in [7, 11) is 0. The van der Waals surface area contributed by atoms with Crippen molar-refractivity contribution in [3.63, 3.8) is 0 Å². The number of nitrogens with one attached hydrogen (secondary N) is 1. The van der Waals surface area contributed by atoms with Crippen LogP contribution in [-0.2, 0) is 6.42 Å². The Morgan fingerprint density at radius 3 is 2.73 bits per heavy atom. The summed E-state index contributed by atoms with van der Waals surface area (Å²) in [5.41, 5.74) is 0.578. The third-order valence-electron chi connectivity index (χ3n) is 3.01. The minimum Gasteiger partial charge on any atom is -0.314 e. The van der Waals surface area contributed by atoms with Gasteiger partial charge in [0.25, 0.3) is 0 Å². The van der Waals surface area contributed by atoms with Gasteiger partial charge in [-0.3, -0.25) is 0 Å². The second kappa shape index (κ2) is 4.56. The molecule has 0 aromatic carbocycles. The first-order valence-corrected chi connectivity index (χ1v) is 7.23. The van der Waals surface area contributed by atoms with E-state index in [9.17, 15) is 0 Å². The zero-order valence-electron chi connectivity index (χ0n) is 9.35. The van der Waals surface area contributed by atoms with Gasteiger partial charge in [-0.25, -0.2) is 0 Å². The van der Waals surface area contributed by atoms with Gasteiger partial charge in [-0.15, -0.1) is 11.3 Å². The highest BCUT2D eigenvalue weighted by molar-refractivity contribution is 9.10. The molecular formula is C12H18BrNS. The Morgan fingerprint density at radius 1 is 1.53 bits per heavy atom. The standard InChI is InChI=1S/C12H18BrNS/c1-9(2)14-8-12(3-4-12)6-11-5-10(13)7-15-11/h5,7,9,14H,3-4,6,8H2,1-2H3. The second-order valence-electron chi connectivity index (χ2n) is 4.94. The van der Waals surface area contributed by atoms with Crippen LogP contribution in [0.2, 0.25) is 0 Å². The lowest BCUT2D eigenvalue weighted by Crippen LogP contribution is -2.30. The van der Waals surface area contributed by atoms with Crippen LogP contribution in [0.15, 0.2) is 15.9 Å². The van der Waals surface area contributed by atoms with Gasteiger partial charge in [0.15, 0.2) is 0 Å². The van der Waals surface area contributed by atoms with Gasteiger partial charge in [-0.05, 0) is 46.7 Å². The van der Waals surface area contributed by atoms with Gasteiger partial charge in [0.1, 0.15) is 0 Å². The van der Waals surface area contributed by atoms with E-state index < -0.39 is 0 Å². The van der Waals surface area contributed by atoms with E-state index in [-0.39, 0.29) is 0 Å². The smallest absolute Gasteiger partial charge is 0.0285 e. The molecule has 0 atom stereocenters. The molecule has 1 aliphatic carbocycles. The number of hydrogen-bond acceptors (Lipinski definition) is 2. The van der Waals surface area contributed by atoms with Crippen molar-refractivity contribution in [1.29, 1.82) is 0 Å². The lowest BCUT2D eigenvalue weighted by atomic mass is 10.0. The van der Waals surface area contributed by atoms with Crippen LogP contribution in [0, 0.1) is 5.41 Å². The first-order chi connectivity index (χ1) is 7.10. The Morgan fingerprint density at radius 2 is 2.27 bits per heavy atom. The fourth-order valence-corrected chi connectivity index (χ4v) is 3.45. The molecule has 1 heterocycles. The molecule has 0 radical (unpaired) electrons. The largest absolute Gasteiger partial charge is 0.314 e. The summed E-state index contributed by atoms with van der Waals surface area (Å²) in [4.78, 5) is 1.52. The molecule has 1 aliphatic rings. The van der Waals surface area contributed by atoms with Crippen LogP contribution in [0.5, 0.6) is 0 Å². The average molecular weight is 288 g/mol. The van der Waals surface area contributed by atoms with Crippen LogP contribution < -0.4 is 5.32 Å². The SMILES string of the molecule is CC(C)NCC1(Cc2cc(Br)cs2)CC1. The fraction of sp³-hybridized carbons (Fsp3) is 0.667. The normalized spacial score (nSPS) is 18.4. The molecule has 0 amide bonds. The summed E-state index contributed by atoms with van der Waals surface area (Å²) in [5, 5.41) is 5.75. The van der Waals surface area contributed by atoms with Crippen molar-refractivity contribution >= 4 is 27.3 Å². The molecule has 0 unspecified atom stereocenters. The van der Waals surface area contributed by atoms with Gasteiger partial charge in [-0.2, -0.15) is 0 Å². The number of hydrogen-bond donors (Lipinski definition) is 1. The molecule has 0 bridgehead atoms.